The van der Waals surface area contributed by atoms with Crippen molar-refractivity contribution in [3.05, 3.63) is 30.6 Å². The first-order chi connectivity index (χ1) is 8.63. The SMILES string of the molecule is CCC(C)CN(C)c1ccc(N)c2cnccc12. The number of nitrogens with two attached hydrogens (primary N) is 1. The second-order valence-electron chi connectivity index (χ2n) is 4.99. The summed E-state index contributed by atoms with van der Waals surface area (Å²) in [7, 11) is 2.14. The largest absolute Gasteiger partial charge is 0.398 e. The summed E-state index contributed by atoms with van der Waals surface area (Å²) in [4.78, 5) is 6.45. The van der Waals surface area contributed by atoms with Gasteiger partial charge in [-0.25, -0.2) is 0 Å². The molecule has 2 aromatic rings. The van der Waals surface area contributed by atoms with Gasteiger partial charge in [-0.3, -0.25) is 4.98 Å². The van der Waals surface area contributed by atoms with Crippen LogP contribution in [0.2, 0.25) is 0 Å². The molecule has 0 saturated heterocycles. The summed E-state index contributed by atoms with van der Waals surface area (Å²) < 4.78 is 0. The standard InChI is InChI=1S/C15H21N3/c1-4-11(2)10-18(3)15-6-5-14(16)13-9-17-8-7-12(13)15/h5-9,11H,4,10,16H2,1-3H3. The lowest BCUT2D eigenvalue weighted by Gasteiger charge is -2.24. The molecule has 2 rings (SSSR count). The van der Waals surface area contributed by atoms with E-state index in [0.29, 0.717) is 5.92 Å². The Morgan fingerprint density at radius 3 is 2.78 bits per heavy atom. The number of nitrogens with zero attached hydrogens (tertiary/aromatic N) is 2. The first-order valence-corrected chi connectivity index (χ1v) is 6.46. The molecule has 1 atom stereocenters. The average Bonchev–Trinajstić information content (AvgIpc) is 2.39. The van der Waals surface area contributed by atoms with Crippen LogP contribution in [-0.4, -0.2) is 18.6 Å². The van der Waals surface area contributed by atoms with Crippen LogP contribution < -0.4 is 10.6 Å². The van der Waals surface area contributed by atoms with E-state index in [4.69, 9.17) is 5.73 Å². The smallest absolute Gasteiger partial charge is 0.0446 e. The predicted octanol–water partition coefficient (Wildman–Crippen LogP) is 3.30. The molecule has 0 aliphatic rings. The number of hydrogen-bond donors (Lipinski definition) is 1. The van der Waals surface area contributed by atoms with Crippen LogP contribution in [0, 0.1) is 5.92 Å². The van der Waals surface area contributed by atoms with E-state index in [0.717, 1.165) is 17.6 Å². The molecule has 0 aliphatic heterocycles. The van der Waals surface area contributed by atoms with E-state index in [1.54, 1.807) is 0 Å². The quantitative estimate of drug-likeness (QED) is 0.838. The summed E-state index contributed by atoms with van der Waals surface area (Å²) >= 11 is 0. The Labute approximate surface area is 109 Å². The maximum Gasteiger partial charge on any atom is 0.0446 e. The van der Waals surface area contributed by atoms with Gasteiger partial charge in [-0.1, -0.05) is 20.3 Å². The molecule has 18 heavy (non-hydrogen) atoms. The molecule has 1 unspecified atom stereocenters. The maximum atomic E-state index is 5.99. The van der Waals surface area contributed by atoms with Crippen LogP contribution in [-0.2, 0) is 0 Å². The number of benzene rings is 1. The number of hydrogen-bond acceptors (Lipinski definition) is 3. The summed E-state index contributed by atoms with van der Waals surface area (Å²) in [5.74, 6) is 0.685. The summed E-state index contributed by atoms with van der Waals surface area (Å²) in [6.07, 6.45) is 4.85. The molecule has 0 radical (unpaired) electrons. The van der Waals surface area contributed by atoms with Crippen LogP contribution in [0.25, 0.3) is 10.8 Å². The third kappa shape index (κ3) is 2.40. The Balaban J connectivity index is 2.42. The third-order valence-corrected chi connectivity index (χ3v) is 3.52. The molecule has 0 bridgehead atoms. The maximum absolute atomic E-state index is 5.99. The minimum absolute atomic E-state index is 0.685. The Morgan fingerprint density at radius 2 is 2.06 bits per heavy atom. The molecule has 96 valence electrons. The number of pyridine rings is 1. The zero-order chi connectivity index (χ0) is 13.1. The van der Waals surface area contributed by atoms with Crippen LogP contribution in [0.4, 0.5) is 11.4 Å². The van der Waals surface area contributed by atoms with Gasteiger partial charge in [0, 0.05) is 48.1 Å². The Bertz CT molecular complexity index is 536. The van der Waals surface area contributed by atoms with E-state index in [2.05, 4.69) is 36.8 Å². The molecular formula is C15H21N3. The van der Waals surface area contributed by atoms with Gasteiger partial charge in [-0.15, -0.1) is 0 Å². The van der Waals surface area contributed by atoms with E-state index >= 15 is 0 Å². The molecule has 0 saturated carbocycles. The molecule has 0 aliphatic carbocycles. The highest BCUT2D eigenvalue weighted by Crippen LogP contribution is 2.30. The number of nitrogen functional groups attached to an aromatic ring is 1. The van der Waals surface area contributed by atoms with Gasteiger partial charge in [0.1, 0.15) is 0 Å². The topological polar surface area (TPSA) is 42.1 Å². The van der Waals surface area contributed by atoms with Gasteiger partial charge in [0.25, 0.3) is 0 Å². The van der Waals surface area contributed by atoms with Crippen molar-refractivity contribution in [2.24, 2.45) is 5.92 Å². The second kappa shape index (κ2) is 5.25. The van der Waals surface area contributed by atoms with E-state index in [1.165, 1.54) is 17.5 Å². The lowest BCUT2D eigenvalue weighted by Crippen LogP contribution is -2.23. The van der Waals surface area contributed by atoms with Gasteiger partial charge in [0.05, 0.1) is 0 Å². The Hall–Kier alpha value is -1.77. The van der Waals surface area contributed by atoms with Crippen molar-refractivity contribution in [2.45, 2.75) is 20.3 Å². The van der Waals surface area contributed by atoms with Crippen LogP contribution in [0.15, 0.2) is 30.6 Å². The van der Waals surface area contributed by atoms with E-state index in [1.807, 2.05) is 24.5 Å². The summed E-state index contributed by atoms with van der Waals surface area (Å²) in [5.41, 5.74) is 8.01. The first-order valence-electron chi connectivity index (χ1n) is 6.46. The van der Waals surface area contributed by atoms with Crippen molar-refractivity contribution >= 4 is 22.1 Å². The first kappa shape index (κ1) is 12.7. The van der Waals surface area contributed by atoms with Gasteiger partial charge >= 0.3 is 0 Å². The molecule has 1 aromatic carbocycles. The predicted molar refractivity (Wildman–Crippen MR) is 78.9 cm³/mol. The molecule has 3 nitrogen and oxygen atoms in total. The second-order valence-corrected chi connectivity index (χ2v) is 4.99. The van der Waals surface area contributed by atoms with Crippen LogP contribution in [0.1, 0.15) is 20.3 Å². The van der Waals surface area contributed by atoms with Gasteiger partial charge in [0.2, 0.25) is 0 Å². The molecule has 0 fully saturated rings. The van der Waals surface area contributed by atoms with E-state index in [9.17, 15) is 0 Å². The van der Waals surface area contributed by atoms with Gasteiger partial charge in [0.15, 0.2) is 0 Å². The highest BCUT2D eigenvalue weighted by Gasteiger charge is 2.10. The van der Waals surface area contributed by atoms with Crippen molar-refractivity contribution in [1.82, 2.24) is 4.98 Å². The van der Waals surface area contributed by atoms with Crippen LogP contribution >= 0.6 is 0 Å². The lowest BCUT2D eigenvalue weighted by atomic mass is 10.1. The fourth-order valence-corrected chi connectivity index (χ4v) is 2.22. The molecule has 2 N–H and O–H groups in total. The summed E-state index contributed by atoms with van der Waals surface area (Å²) in [6, 6.07) is 6.10. The summed E-state index contributed by atoms with van der Waals surface area (Å²) in [5, 5.41) is 2.21. The number of anilines is 2. The average molecular weight is 243 g/mol. The van der Waals surface area contributed by atoms with Crippen molar-refractivity contribution in [2.75, 3.05) is 24.2 Å². The van der Waals surface area contributed by atoms with Crippen LogP contribution in [0.5, 0.6) is 0 Å². The zero-order valence-corrected chi connectivity index (χ0v) is 11.4. The zero-order valence-electron chi connectivity index (χ0n) is 11.4. The summed E-state index contributed by atoms with van der Waals surface area (Å²) in [6.45, 7) is 5.55. The number of fused-ring (bicyclic) bond motifs is 1. The Morgan fingerprint density at radius 1 is 1.28 bits per heavy atom. The van der Waals surface area contributed by atoms with E-state index in [-0.39, 0.29) is 0 Å². The normalized spacial score (nSPS) is 12.6. The Kier molecular flexibility index (Phi) is 3.70. The highest BCUT2D eigenvalue weighted by molar-refractivity contribution is 6.00. The molecule has 1 heterocycles. The van der Waals surface area contributed by atoms with Crippen molar-refractivity contribution in [1.29, 1.82) is 0 Å². The fourth-order valence-electron chi connectivity index (χ4n) is 2.22. The van der Waals surface area contributed by atoms with Crippen molar-refractivity contribution < 1.29 is 0 Å². The minimum atomic E-state index is 0.685. The molecule has 3 heteroatoms. The minimum Gasteiger partial charge on any atom is -0.398 e. The third-order valence-electron chi connectivity index (χ3n) is 3.52. The van der Waals surface area contributed by atoms with Gasteiger partial charge < -0.3 is 10.6 Å². The van der Waals surface area contributed by atoms with Crippen molar-refractivity contribution in [3.63, 3.8) is 0 Å². The monoisotopic (exact) mass is 243 g/mol. The number of rotatable bonds is 4. The molecular weight excluding hydrogens is 222 g/mol. The number of aromatic nitrogens is 1. The molecule has 0 amide bonds. The molecule has 0 spiro atoms. The lowest BCUT2D eigenvalue weighted by molar-refractivity contribution is 0.560. The fraction of sp³-hybridized carbons (Fsp3) is 0.400. The van der Waals surface area contributed by atoms with Gasteiger partial charge in [-0.05, 0) is 24.1 Å². The van der Waals surface area contributed by atoms with E-state index < -0.39 is 0 Å². The van der Waals surface area contributed by atoms with Gasteiger partial charge in [-0.2, -0.15) is 0 Å². The van der Waals surface area contributed by atoms with Crippen LogP contribution in [0.3, 0.4) is 0 Å². The highest BCUT2D eigenvalue weighted by atomic mass is 15.1. The molecule has 1 aromatic heterocycles. The van der Waals surface area contributed by atoms with Crippen molar-refractivity contribution in [3.8, 4) is 0 Å².